The van der Waals surface area contributed by atoms with Crippen LogP contribution in [0.15, 0.2) is 0 Å². The molecule has 1 rings (SSSR count). The van der Waals surface area contributed by atoms with Crippen molar-refractivity contribution >= 4 is 0 Å². The lowest BCUT2D eigenvalue weighted by molar-refractivity contribution is -0.267. The summed E-state index contributed by atoms with van der Waals surface area (Å²) in [7, 11) is 2.77. The Labute approximate surface area is 82.0 Å². The van der Waals surface area contributed by atoms with Crippen LogP contribution in [0.3, 0.4) is 0 Å². The van der Waals surface area contributed by atoms with Gasteiger partial charge in [0.1, 0.15) is 24.9 Å². The van der Waals surface area contributed by atoms with Gasteiger partial charge in [0.15, 0.2) is 0 Å². The lowest BCUT2D eigenvalue weighted by atomic mass is 10.1. The fraction of sp³-hybridized carbons (Fsp3) is 1.00. The van der Waals surface area contributed by atoms with Crippen molar-refractivity contribution in [2.24, 2.45) is 0 Å². The lowest BCUT2D eigenvalue weighted by Crippen LogP contribution is -2.48. The highest BCUT2D eigenvalue weighted by atomic mass is 16.7. The maximum atomic E-state index is 9.65. The number of rotatable bonds is 4. The molecule has 1 saturated heterocycles. The van der Waals surface area contributed by atoms with Gasteiger partial charge < -0.3 is 29.5 Å². The van der Waals surface area contributed by atoms with Gasteiger partial charge in [0.25, 0.3) is 0 Å². The summed E-state index contributed by atoms with van der Waals surface area (Å²) in [5.41, 5.74) is 0. The molecule has 1 heterocycles. The van der Waals surface area contributed by atoms with Crippen LogP contribution in [-0.4, -0.2) is 66.9 Å². The van der Waals surface area contributed by atoms with E-state index < -0.39 is 24.1 Å². The van der Waals surface area contributed by atoms with Gasteiger partial charge in [0.2, 0.25) is 5.79 Å². The summed E-state index contributed by atoms with van der Waals surface area (Å²) in [4.78, 5) is 0. The minimum Gasteiger partial charge on any atom is -0.394 e. The van der Waals surface area contributed by atoms with Crippen LogP contribution in [0.5, 0.6) is 0 Å². The molecular formula is C8H16O6. The fourth-order valence-corrected chi connectivity index (χ4v) is 1.55. The molecule has 6 nitrogen and oxygen atoms in total. The highest BCUT2D eigenvalue weighted by Crippen LogP contribution is 2.32. The van der Waals surface area contributed by atoms with Crippen LogP contribution in [0.2, 0.25) is 0 Å². The topological polar surface area (TPSA) is 88.4 Å². The standard InChI is InChI=1S/C8H16O6/c1-12-4-8(13-2)7(11)6(10)5(3-9)14-8/h5-7,9-11H,3-4H2,1-2H3/t5-,6+,7+,8?/m1/s1. The van der Waals surface area contributed by atoms with E-state index in [0.717, 1.165) is 0 Å². The van der Waals surface area contributed by atoms with E-state index in [2.05, 4.69) is 0 Å². The molecule has 0 radical (unpaired) electrons. The summed E-state index contributed by atoms with van der Waals surface area (Å²) < 4.78 is 15.0. The molecule has 1 fully saturated rings. The van der Waals surface area contributed by atoms with E-state index in [4.69, 9.17) is 19.3 Å². The summed E-state index contributed by atoms with van der Waals surface area (Å²) >= 11 is 0. The Hall–Kier alpha value is -0.240. The molecule has 0 aromatic heterocycles. The number of ether oxygens (including phenoxy) is 3. The molecule has 0 saturated carbocycles. The summed E-state index contributed by atoms with van der Waals surface area (Å²) in [6.45, 7) is -0.398. The average Bonchev–Trinajstić information content (AvgIpc) is 2.44. The molecule has 0 bridgehead atoms. The minimum absolute atomic E-state index is 0.0156. The molecule has 0 amide bonds. The molecule has 6 heteroatoms. The molecule has 0 aliphatic carbocycles. The van der Waals surface area contributed by atoms with E-state index in [1.807, 2.05) is 0 Å². The first kappa shape index (κ1) is 11.8. The van der Waals surface area contributed by atoms with Crippen molar-refractivity contribution in [2.75, 3.05) is 27.4 Å². The third kappa shape index (κ3) is 1.77. The summed E-state index contributed by atoms with van der Waals surface area (Å²) in [6.07, 6.45) is -3.25. The van der Waals surface area contributed by atoms with Crippen molar-refractivity contribution in [3.05, 3.63) is 0 Å². The Morgan fingerprint density at radius 1 is 1.36 bits per heavy atom. The molecule has 1 unspecified atom stereocenters. The second kappa shape index (κ2) is 4.52. The van der Waals surface area contributed by atoms with Gasteiger partial charge in [-0.3, -0.25) is 0 Å². The zero-order chi connectivity index (χ0) is 10.8. The third-order valence-electron chi connectivity index (χ3n) is 2.38. The predicted octanol–water partition coefficient (Wildman–Crippen LogP) is -1.91. The van der Waals surface area contributed by atoms with Crippen LogP contribution >= 0.6 is 0 Å². The Kier molecular flexibility index (Phi) is 3.82. The predicted molar refractivity (Wildman–Crippen MR) is 45.6 cm³/mol. The molecule has 4 atom stereocenters. The summed E-state index contributed by atoms with van der Waals surface area (Å²) in [5, 5.41) is 28.0. The molecule has 0 aromatic rings. The van der Waals surface area contributed by atoms with Gasteiger partial charge in [0, 0.05) is 14.2 Å². The van der Waals surface area contributed by atoms with Crippen LogP contribution in [0.1, 0.15) is 0 Å². The lowest BCUT2D eigenvalue weighted by Gasteiger charge is -2.29. The third-order valence-corrected chi connectivity index (χ3v) is 2.38. The zero-order valence-corrected chi connectivity index (χ0v) is 8.21. The van der Waals surface area contributed by atoms with Crippen LogP contribution < -0.4 is 0 Å². The number of hydrogen-bond acceptors (Lipinski definition) is 6. The van der Waals surface area contributed by atoms with E-state index in [1.54, 1.807) is 0 Å². The van der Waals surface area contributed by atoms with Gasteiger partial charge in [0.05, 0.1) is 6.61 Å². The molecule has 1 aliphatic rings. The number of aliphatic hydroxyl groups excluding tert-OH is 3. The maximum Gasteiger partial charge on any atom is 0.221 e. The van der Waals surface area contributed by atoms with E-state index in [-0.39, 0.29) is 13.2 Å². The fourth-order valence-electron chi connectivity index (χ4n) is 1.55. The summed E-state index contributed by atoms with van der Waals surface area (Å²) in [6, 6.07) is 0. The zero-order valence-electron chi connectivity index (χ0n) is 8.21. The van der Waals surface area contributed by atoms with Crippen molar-refractivity contribution in [1.29, 1.82) is 0 Å². The first-order valence-electron chi connectivity index (χ1n) is 4.30. The number of hydrogen-bond donors (Lipinski definition) is 3. The molecule has 0 aromatic carbocycles. The second-order valence-electron chi connectivity index (χ2n) is 3.22. The number of methoxy groups -OCH3 is 2. The molecule has 84 valence electrons. The van der Waals surface area contributed by atoms with Crippen LogP contribution in [0.4, 0.5) is 0 Å². The highest BCUT2D eigenvalue weighted by molar-refractivity contribution is 4.96. The maximum absolute atomic E-state index is 9.65. The van der Waals surface area contributed by atoms with Gasteiger partial charge >= 0.3 is 0 Å². The van der Waals surface area contributed by atoms with Gasteiger partial charge in [-0.15, -0.1) is 0 Å². The van der Waals surface area contributed by atoms with Crippen molar-refractivity contribution < 1.29 is 29.5 Å². The van der Waals surface area contributed by atoms with E-state index >= 15 is 0 Å². The van der Waals surface area contributed by atoms with Crippen molar-refractivity contribution in [3.8, 4) is 0 Å². The normalized spacial score (nSPS) is 43.1. The monoisotopic (exact) mass is 208 g/mol. The molecule has 0 spiro atoms. The second-order valence-corrected chi connectivity index (χ2v) is 3.22. The van der Waals surface area contributed by atoms with E-state index in [9.17, 15) is 10.2 Å². The minimum atomic E-state index is -1.39. The molecule has 14 heavy (non-hydrogen) atoms. The Balaban J connectivity index is 2.78. The van der Waals surface area contributed by atoms with Gasteiger partial charge in [-0.2, -0.15) is 0 Å². The van der Waals surface area contributed by atoms with Gasteiger partial charge in [-0.05, 0) is 0 Å². The summed E-state index contributed by atoms with van der Waals surface area (Å²) in [5.74, 6) is -1.39. The molecular weight excluding hydrogens is 192 g/mol. The molecule has 1 aliphatic heterocycles. The number of aliphatic hydroxyl groups is 3. The SMILES string of the molecule is COCC1(OC)O[C@H](CO)[C@H](O)[C@@H]1O. The van der Waals surface area contributed by atoms with Crippen molar-refractivity contribution in [2.45, 2.75) is 24.1 Å². The Bertz CT molecular complexity index is 187. The van der Waals surface area contributed by atoms with Crippen LogP contribution in [-0.2, 0) is 14.2 Å². The van der Waals surface area contributed by atoms with Crippen molar-refractivity contribution in [3.63, 3.8) is 0 Å². The average molecular weight is 208 g/mol. The first-order valence-corrected chi connectivity index (χ1v) is 4.30. The van der Waals surface area contributed by atoms with Gasteiger partial charge in [-0.25, -0.2) is 0 Å². The highest BCUT2D eigenvalue weighted by Gasteiger charge is 2.54. The molecule has 3 N–H and O–H groups in total. The largest absolute Gasteiger partial charge is 0.394 e. The van der Waals surface area contributed by atoms with Crippen LogP contribution in [0, 0.1) is 0 Å². The Morgan fingerprint density at radius 3 is 2.36 bits per heavy atom. The van der Waals surface area contributed by atoms with Crippen LogP contribution in [0.25, 0.3) is 0 Å². The quantitative estimate of drug-likeness (QED) is 0.499. The van der Waals surface area contributed by atoms with E-state index in [0.29, 0.717) is 0 Å². The van der Waals surface area contributed by atoms with Crippen molar-refractivity contribution in [1.82, 2.24) is 0 Å². The first-order chi connectivity index (χ1) is 6.61. The van der Waals surface area contributed by atoms with E-state index in [1.165, 1.54) is 14.2 Å². The van der Waals surface area contributed by atoms with Gasteiger partial charge in [-0.1, -0.05) is 0 Å². The smallest absolute Gasteiger partial charge is 0.221 e. The Morgan fingerprint density at radius 2 is 2.00 bits per heavy atom.